The minimum absolute atomic E-state index is 0.243. The lowest BCUT2D eigenvalue weighted by Gasteiger charge is -2.36. The van der Waals surface area contributed by atoms with E-state index in [2.05, 4.69) is 17.0 Å². The second kappa shape index (κ2) is 5.73. The van der Waals surface area contributed by atoms with Gasteiger partial charge in [-0.25, -0.2) is 0 Å². The SMILES string of the molecule is NC(=S)CN1CCN(C(=O)C2(c3ccccc3)CC2)CC1. The molecule has 1 aliphatic heterocycles. The molecule has 1 saturated heterocycles. The molecule has 2 aliphatic rings. The fraction of sp³-hybridized carbons (Fsp3) is 0.500. The number of carbonyl (C=O) groups excluding carboxylic acids is 1. The molecule has 5 heteroatoms. The Balaban J connectivity index is 1.64. The van der Waals surface area contributed by atoms with Gasteiger partial charge in [-0.2, -0.15) is 0 Å². The topological polar surface area (TPSA) is 49.6 Å². The van der Waals surface area contributed by atoms with Crippen molar-refractivity contribution < 1.29 is 4.79 Å². The summed E-state index contributed by atoms with van der Waals surface area (Å²) in [6.45, 7) is 3.91. The number of nitrogens with two attached hydrogens (primary N) is 1. The number of amides is 1. The van der Waals surface area contributed by atoms with Gasteiger partial charge in [0.2, 0.25) is 5.91 Å². The van der Waals surface area contributed by atoms with Crippen molar-refractivity contribution in [2.45, 2.75) is 18.3 Å². The van der Waals surface area contributed by atoms with Gasteiger partial charge in [0.15, 0.2) is 0 Å². The van der Waals surface area contributed by atoms with Crippen LogP contribution in [0.5, 0.6) is 0 Å². The van der Waals surface area contributed by atoms with Crippen molar-refractivity contribution in [2.24, 2.45) is 5.73 Å². The first-order chi connectivity index (χ1) is 10.1. The number of piperazine rings is 1. The molecule has 0 radical (unpaired) electrons. The molecule has 1 aromatic rings. The predicted octanol–water partition coefficient (Wildman–Crippen LogP) is 1.15. The summed E-state index contributed by atoms with van der Waals surface area (Å²) in [7, 11) is 0. The lowest BCUT2D eigenvalue weighted by Crippen LogP contribution is -2.52. The van der Waals surface area contributed by atoms with Crippen molar-refractivity contribution in [1.82, 2.24) is 9.80 Å². The molecule has 0 unspecified atom stereocenters. The van der Waals surface area contributed by atoms with Gasteiger partial charge in [0, 0.05) is 32.7 Å². The first-order valence-electron chi connectivity index (χ1n) is 7.47. The van der Waals surface area contributed by atoms with Crippen LogP contribution in [-0.4, -0.2) is 53.4 Å². The fourth-order valence-corrected chi connectivity index (χ4v) is 3.32. The van der Waals surface area contributed by atoms with Gasteiger partial charge in [-0.1, -0.05) is 42.5 Å². The second-order valence-electron chi connectivity index (χ2n) is 5.98. The lowest BCUT2D eigenvalue weighted by atomic mass is 9.94. The van der Waals surface area contributed by atoms with Gasteiger partial charge in [-0.3, -0.25) is 9.69 Å². The Morgan fingerprint density at radius 3 is 2.29 bits per heavy atom. The Hall–Kier alpha value is -1.46. The highest BCUT2D eigenvalue weighted by molar-refractivity contribution is 7.80. The normalized spacial score (nSPS) is 21.0. The second-order valence-corrected chi connectivity index (χ2v) is 6.51. The molecule has 1 saturated carbocycles. The summed E-state index contributed by atoms with van der Waals surface area (Å²) in [6, 6.07) is 10.2. The van der Waals surface area contributed by atoms with Gasteiger partial charge in [0.1, 0.15) is 0 Å². The maximum atomic E-state index is 12.9. The Morgan fingerprint density at radius 2 is 1.76 bits per heavy atom. The van der Waals surface area contributed by atoms with Crippen LogP contribution in [0.25, 0.3) is 0 Å². The standard InChI is InChI=1S/C16H21N3OS/c17-14(21)12-18-8-10-19(11-9-18)15(20)16(6-7-16)13-4-2-1-3-5-13/h1-5H,6-12H2,(H2,17,21). The van der Waals surface area contributed by atoms with Gasteiger partial charge >= 0.3 is 0 Å². The Morgan fingerprint density at radius 1 is 1.14 bits per heavy atom. The number of hydrogen-bond donors (Lipinski definition) is 1. The van der Waals surface area contributed by atoms with Gasteiger partial charge in [-0.15, -0.1) is 0 Å². The van der Waals surface area contributed by atoms with Crippen LogP contribution < -0.4 is 5.73 Å². The van der Waals surface area contributed by atoms with Crippen LogP contribution in [0.2, 0.25) is 0 Å². The summed E-state index contributed by atoms with van der Waals surface area (Å²) >= 11 is 4.95. The van der Waals surface area contributed by atoms with E-state index in [-0.39, 0.29) is 5.41 Å². The van der Waals surface area contributed by atoms with E-state index >= 15 is 0 Å². The third kappa shape index (κ3) is 2.94. The van der Waals surface area contributed by atoms with Crippen molar-refractivity contribution in [3.63, 3.8) is 0 Å². The zero-order chi connectivity index (χ0) is 14.9. The van der Waals surface area contributed by atoms with E-state index in [4.69, 9.17) is 18.0 Å². The molecule has 2 fully saturated rings. The number of hydrogen-bond acceptors (Lipinski definition) is 3. The van der Waals surface area contributed by atoms with Gasteiger partial charge < -0.3 is 10.6 Å². The molecule has 3 rings (SSSR count). The van der Waals surface area contributed by atoms with Crippen LogP contribution in [0.15, 0.2) is 30.3 Å². The van der Waals surface area contributed by atoms with Crippen LogP contribution >= 0.6 is 12.2 Å². The van der Waals surface area contributed by atoms with Crippen molar-refractivity contribution in [2.75, 3.05) is 32.7 Å². The summed E-state index contributed by atoms with van der Waals surface area (Å²) in [6.07, 6.45) is 1.95. The minimum Gasteiger partial charge on any atom is -0.392 e. The third-order valence-electron chi connectivity index (χ3n) is 4.52. The highest BCUT2D eigenvalue weighted by Crippen LogP contribution is 2.49. The fourth-order valence-electron chi connectivity index (χ4n) is 3.14. The monoisotopic (exact) mass is 303 g/mol. The summed E-state index contributed by atoms with van der Waals surface area (Å²) in [5, 5.41) is 0. The average molecular weight is 303 g/mol. The third-order valence-corrected chi connectivity index (χ3v) is 4.65. The zero-order valence-electron chi connectivity index (χ0n) is 12.1. The number of nitrogens with zero attached hydrogens (tertiary/aromatic N) is 2. The first kappa shape index (κ1) is 14.5. The largest absolute Gasteiger partial charge is 0.392 e. The average Bonchev–Trinajstić information content (AvgIpc) is 3.29. The van der Waals surface area contributed by atoms with Crippen molar-refractivity contribution in [3.8, 4) is 0 Å². The van der Waals surface area contributed by atoms with Crippen molar-refractivity contribution in [3.05, 3.63) is 35.9 Å². The summed E-state index contributed by atoms with van der Waals surface area (Å²) in [4.78, 5) is 17.6. The van der Waals surface area contributed by atoms with E-state index in [1.807, 2.05) is 23.1 Å². The highest BCUT2D eigenvalue weighted by atomic mass is 32.1. The molecule has 1 heterocycles. The molecular formula is C16H21N3OS. The molecule has 1 aliphatic carbocycles. The van der Waals surface area contributed by atoms with E-state index in [1.165, 1.54) is 5.56 Å². The van der Waals surface area contributed by atoms with Crippen molar-refractivity contribution in [1.29, 1.82) is 0 Å². The number of thiocarbonyl (C=S) groups is 1. The molecule has 0 spiro atoms. The van der Waals surface area contributed by atoms with E-state index in [9.17, 15) is 4.79 Å². The van der Waals surface area contributed by atoms with Gasteiger partial charge in [-0.05, 0) is 18.4 Å². The van der Waals surface area contributed by atoms with Gasteiger partial charge in [0.05, 0.1) is 10.4 Å². The molecule has 1 amide bonds. The smallest absolute Gasteiger partial charge is 0.233 e. The number of rotatable bonds is 4. The van der Waals surface area contributed by atoms with Crippen LogP contribution in [0, 0.1) is 0 Å². The molecule has 112 valence electrons. The zero-order valence-corrected chi connectivity index (χ0v) is 12.9. The molecule has 0 aromatic heterocycles. The maximum absolute atomic E-state index is 12.9. The Labute approximate surface area is 130 Å². The van der Waals surface area contributed by atoms with E-state index in [0.29, 0.717) is 17.4 Å². The van der Waals surface area contributed by atoms with Crippen molar-refractivity contribution >= 4 is 23.1 Å². The summed E-state index contributed by atoms with van der Waals surface area (Å²) in [5.41, 5.74) is 6.51. The van der Waals surface area contributed by atoms with Crippen LogP contribution in [0.4, 0.5) is 0 Å². The molecule has 1 aromatic carbocycles. The molecule has 2 N–H and O–H groups in total. The maximum Gasteiger partial charge on any atom is 0.233 e. The molecule has 4 nitrogen and oxygen atoms in total. The quantitative estimate of drug-likeness (QED) is 0.848. The van der Waals surface area contributed by atoms with E-state index < -0.39 is 0 Å². The number of carbonyl (C=O) groups is 1. The van der Waals surface area contributed by atoms with E-state index in [1.54, 1.807) is 0 Å². The van der Waals surface area contributed by atoms with Crippen LogP contribution in [0.3, 0.4) is 0 Å². The minimum atomic E-state index is -0.243. The number of benzene rings is 1. The molecule has 21 heavy (non-hydrogen) atoms. The van der Waals surface area contributed by atoms with Crippen LogP contribution in [0.1, 0.15) is 18.4 Å². The summed E-state index contributed by atoms with van der Waals surface area (Å²) in [5.74, 6) is 0.295. The molecule has 0 bridgehead atoms. The summed E-state index contributed by atoms with van der Waals surface area (Å²) < 4.78 is 0. The van der Waals surface area contributed by atoms with Crippen LogP contribution in [-0.2, 0) is 10.2 Å². The van der Waals surface area contributed by atoms with Gasteiger partial charge in [0.25, 0.3) is 0 Å². The Bertz CT molecular complexity index is 534. The lowest BCUT2D eigenvalue weighted by molar-refractivity contribution is -0.135. The Kier molecular flexibility index (Phi) is 3.95. The van der Waals surface area contributed by atoms with E-state index in [0.717, 1.165) is 39.0 Å². The first-order valence-corrected chi connectivity index (χ1v) is 7.88. The predicted molar refractivity (Wildman–Crippen MR) is 87.2 cm³/mol. The molecular weight excluding hydrogens is 282 g/mol. The molecule has 0 atom stereocenters. The highest BCUT2D eigenvalue weighted by Gasteiger charge is 2.53.